The van der Waals surface area contributed by atoms with Crippen LogP contribution in [-0.2, 0) is 6.42 Å². The summed E-state index contributed by atoms with van der Waals surface area (Å²) in [4.78, 5) is 0. The van der Waals surface area contributed by atoms with E-state index in [2.05, 4.69) is 23.8 Å². The van der Waals surface area contributed by atoms with E-state index >= 15 is 0 Å². The van der Waals surface area contributed by atoms with Gasteiger partial charge in [-0.05, 0) is 60.4 Å². The summed E-state index contributed by atoms with van der Waals surface area (Å²) in [6.45, 7) is 2.24. The van der Waals surface area contributed by atoms with Gasteiger partial charge in [-0.25, -0.2) is 0 Å². The van der Waals surface area contributed by atoms with Crippen molar-refractivity contribution in [3.05, 3.63) is 22.4 Å². The van der Waals surface area contributed by atoms with Gasteiger partial charge in [0.25, 0.3) is 0 Å². The van der Waals surface area contributed by atoms with E-state index in [-0.39, 0.29) is 5.60 Å². The van der Waals surface area contributed by atoms with Gasteiger partial charge in [0, 0.05) is 0 Å². The summed E-state index contributed by atoms with van der Waals surface area (Å²) in [6, 6.07) is 2.16. The number of thiophene rings is 1. The molecule has 1 aliphatic carbocycles. The zero-order chi connectivity index (χ0) is 10.0. The molecule has 2 rings (SSSR count). The maximum atomic E-state index is 10.3. The highest BCUT2D eigenvalue weighted by molar-refractivity contribution is 7.07. The highest BCUT2D eigenvalue weighted by Crippen LogP contribution is 2.37. The maximum absolute atomic E-state index is 10.3. The fourth-order valence-corrected chi connectivity index (χ4v) is 3.11. The van der Waals surface area contributed by atoms with Crippen LogP contribution >= 0.6 is 11.3 Å². The van der Waals surface area contributed by atoms with E-state index in [0.29, 0.717) is 5.92 Å². The van der Waals surface area contributed by atoms with E-state index < -0.39 is 0 Å². The first kappa shape index (κ1) is 10.2. The average Bonchev–Trinajstić information content (AvgIpc) is 2.73. The Balaban J connectivity index is 1.86. The lowest BCUT2D eigenvalue weighted by atomic mass is 9.93. The van der Waals surface area contributed by atoms with Gasteiger partial charge in [0.05, 0.1) is 5.60 Å². The van der Waals surface area contributed by atoms with Gasteiger partial charge in [-0.1, -0.05) is 6.92 Å². The maximum Gasteiger partial charge on any atom is 0.0653 e. The summed E-state index contributed by atoms with van der Waals surface area (Å²) in [6.07, 6.45) is 5.16. The van der Waals surface area contributed by atoms with Crippen LogP contribution < -0.4 is 0 Å². The fourth-order valence-electron chi connectivity index (χ4n) is 2.41. The lowest BCUT2D eigenvalue weighted by molar-refractivity contribution is 0.0357. The Labute approximate surface area is 89.8 Å². The second kappa shape index (κ2) is 4.03. The summed E-state index contributed by atoms with van der Waals surface area (Å²) in [5, 5.41) is 14.6. The van der Waals surface area contributed by atoms with Crippen LogP contribution in [-0.4, -0.2) is 10.7 Å². The molecule has 14 heavy (non-hydrogen) atoms. The van der Waals surface area contributed by atoms with Crippen molar-refractivity contribution in [2.45, 2.75) is 44.6 Å². The predicted molar refractivity (Wildman–Crippen MR) is 60.6 cm³/mol. The molecule has 1 heterocycles. The number of aliphatic hydroxyl groups is 1. The fraction of sp³-hybridized carbons (Fsp3) is 0.667. The molecule has 1 N–H and O–H groups in total. The first-order valence-corrected chi connectivity index (χ1v) is 6.36. The Morgan fingerprint density at radius 1 is 1.64 bits per heavy atom. The molecule has 0 radical (unpaired) electrons. The molecule has 0 saturated heterocycles. The molecule has 0 aliphatic heterocycles. The van der Waals surface area contributed by atoms with E-state index in [9.17, 15) is 5.11 Å². The zero-order valence-electron chi connectivity index (χ0n) is 8.70. The third-order valence-corrected chi connectivity index (χ3v) is 4.02. The molecule has 0 bridgehead atoms. The summed E-state index contributed by atoms with van der Waals surface area (Å²) in [5.41, 5.74) is 1.02. The van der Waals surface area contributed by atoms with Gasteiger partial charge in [0.15, 0.2) is 0 Å². The van der Waals surface area contributed by atoms with Crippen molar-refractivity contribution in [3.8, 4) is 0 Å². The van der Waals surface area contributed by atoms with Crippen LogP contribution in [0, 0.1) is 5.92 Å². The summed E-state index contributed by atoms with van der Waals surface area (Å²) in [7, 11) is 0. The Hall–Kier alpha value is -0.340. The standard InChI is InChI=1S/C12H18OS/c1-10-2-5-12(13,8-10)6-3-11-4-7-14-9-11/h4,7,9-10,13H,2-3,5-6,8H2,1H3. The Morgan fingerprint density at radius 2 is 2.50 bits per heavy atom. The van der Waals surface area contributed by atoms with E-state index in [4.69, 9.17) is 0 Å². The number of hydrogen-bond acceptors (Lipinski definition) is 2. The van der Waals surface area contributed by atoms with Gasteiger partial charge in [-0.2, -0.15) is 11.3 Å². The second-order valence-corrected chi connectivity index (χ2v) is 5.48. The largest absolute Gasteiger partial charge is 0.390 e. The molecule has 0 spiro atoms. The van der Waals surface area contributed by atoms with Crippen molar-refractivity contribution in [2.75, 3.05) is 0 Å². The van der Waals surface area contributed by atoms with Crippen LogP contribution in [0.25, 0.3) is 0 Å². The number of hydrogen-bond donors (Lipinski definition) is 1. The zero-order valence-corrected chi connectivity index (χ0v) is 9.52. The number of aryl methyl sites for hydroxylation is 1. The predicted octanol–water partition coefficient (Wildman–Crippen LogP) is 3.23. The molecular formula is C12H18OS. The minimum atomic E-state index is -0.360. The van der Waals surface area contributed by atoms with Crippen molar-refractivity contribution < 1.29 is 5.11 Å². The quantitative estimate of drug-likeness (QED) is 0.812. The monoisotopic (exact) mass is 210 g/mol. The molecule has 1 aromatic rings. The van der Waals surface area contributed by atoms with Crippen LogP contribution in [0.4, 0.5) is 0 Å². The highest BCUT2D eigenvalue weighted by Gasteiger charge is 2.34. The van der Waals surface area contributed by atoms with Gasteiger partial charge in [-0.15, -0.1) is 0 Å². The lowest BCUT2D eigenvalue weighted by Crippen LogP contribution is -2.25. The minimum absolute atomic E-state index is 0.360. The van der Waals surface area contributed by atoms with E-state index in [0.717, 1.165) is 25.7 Å². The normalized spacial score (nSPS) is 32.3. The molecule has 1 fully saturated rings. The number of rotatable bonds is 3. The summed E-state index contributed by atoms with van der Waals surface area (Å²) >= 11 is 1.74. The SMILES string of the molecule is CC1CCC(O)(CCc2ccsc2)C1. The molecule has 1 aromatic heterocycles. The van der Waals surface area contributed by atoms with Gasteiger partial charge < -0.3 is 5.11 Å². The van der Waals surface area contributed by atoms with Gasteiger partial charge in [-0.3, -0.25) is 0 Å². The molecule has 0 aromatic carbocycles. The smallest absolute Gasteiger partial charge is 0.0653 e. The highest BCUT2D eigenvalue weighted by atomic mass is 32.1. The first-order chi connectivity index (χ1) is 6.68. The van der Waals surface area contributed by atoms with E-state index in [1.54, 1.807) is 11.3 Å². The molecule has 0 amide bonds. The van der Waals surface area contributed by atoms with E-state index in [1.807, 2.05) is 0 Å². The topological polar surface area (TPSA) is 20.2 Å². The Morgan fingerprint density at radius 3 is 3.07 bits per heavy atom. The van der Waals surface area contributed by atoms with Crippen LogP contribution in [0.1, 0.15) is 38.2 Å². The summed E-state index contributed by atoms with van der Waals surface area (Å²) < 4.78 is 0. The van der Waals surface area contributed by atoms with Crippen LogP contribution in [0.3, 0.4) is 0 Å². The van der Waals surface area contributed by atoms with Crippen molar-refractivity contribution in [1.82, 2.24) is 0 Å². The van der Waals surface area contributed by atoms with Crippen molar-refractivity contribution in [3.63, 3.8) is 0 Å². The van der Waals surface area contributed by atoms with E-state index in [1.165, 1.54) is 12.0 Å². The lowest BCUT2D eigenvalue weighted by Gasteiger charge is -2.22. The van der Waals surface area contributed by atoms with Crippen LogP contribution in [0.5, 0.6) is 0 Å². The third kappa shape index (κ3) is 2.37. The average molecular weight is 210 g/mol. The molecule has 2 atom stereocenters. The molecule has 1 aliphatic rings. The third-order valence-electron chi connectivity index (χ3n) is 3.29. The Bertz CT molecular complexity index is 281. The second-order valence-electron chi connectivity index (χ2n) is 4.70. The van der Waals surface area contributed by atoms with Gasteiger partial charge in [0.1, 0.15) is 0 Å². The first-order valence-electron chi connectivity index (χ1n) is 5.41. The molecule has 1 nitrogen and oxygen atoms in total. The van der Waals surface area contributed by atoms with Gasteiger partial charge >= 0.3 is 0 Å². The molecule has 78 valence electrons. The minimum Gasteiger partial charge on any atom is -0.390 e. The summed E-state index contributed by atoms with van der Waals surface area (Å²) in [5.74, 6) is 0.711. The van der Waals surface area contributed by atoms with Crippen LogP contribution in [0.15, 0.2) is 16.8 Å². The molecule has 1 saturated carbocycles. The van der Waals surface area contributed by atoms with Crippen LogP contribution in [0.2, 0.25) is 0 Å². The van der Waals surface area contributed by atoms with Crippen molar-refractivity contribution >= 4 is 11.3 Å². The van der Waals surface area contributed by atoms with Crippen molar-refractivity contribution in [2.24, 2.45) is 5.92 Å². The molecular weight excluding hydrogens is 192 g/mol. The molecule has 2 heteroatoms. The van der Waals surface area contributed by atoms with Crippen molar-refractivity contribution in [1.29, 1.82) is 0 Å². The van der Waals surface area contributed by atoms with Gasteiger partial charge in [0.2, 0.25) is 0 Å². The Kier molecular flexibility index (Phi) is 2.93. The molecule has 2 unspecified atom stereocenters.